The minimum absolute atomic E-state index is 0.0992. The molecule has 2 nitrogen and oxygen atoms in total. The minimum Gasteiger partial charge on any atom is -0.374 e. The molecule has 1 aromatic rings. The standard InChI is InChI=1S/C18H21NO/c20-18-15-9-4-5-11-19-12-6-10-14(17(15)19)16(18)13-7-2-1-3-8-13/h1-3,7-8,14,16H,4-6,9-12H2/t14-,16+/m0/s1. The van der Waals surface area contributed by atoms with Crippen LogP contribution in [-0.2, 0) is 4.79 Å². The molecule has 104 valence electrons. The Balaban J connectivity index is 1.78. The molecular weight excluding hydrogens is 246 g/mol. The smallest absolute Gasteiger partial charge is 0.168 e. The molecule has 20 heavy (non-hydrogen) atoms. The van der Waals surface area contributed by atoms with Crippen molar-refractivity contribution >= 4 is 5.78 Å². The molecule has 0 aromatic heterocycles. The molecule has 0 N–H and O–H groups in total. The molecule has 0 spiro atoms. The van der Waals surface area contributed by atoms with Crippen LogP contribution in [0.25, 0.3) is 0 Å². The second kappa shape index (κ2) is 4.76. The highest BCUT2D eigenvalue weighted by atomic mass is 16.1. The van der Waals surface area contributed by atoms with Crippen molar-refractivity contribution in [1.29, 1.82) is 0 Å². The van der Waals surface area contributed by atoms with Crippen LogP contribution >= 0.6 is 0 Å². The van der Waals surface area contributed by atoms with Crippen LogP contribution in [0, 0.1) is 5.92 Å². The van der Waals surface area contributed by atoms with E-state index in [0.717, 1.165) is 19.5 Å². The summed E-state index contributed by atoms with van der Waals surface area (Å²) in [4.78, 5) is 15.5. The minimum atomic E-state index is 0.0992. The van der Waals surface area contributed by atoms with E-state index >= 15 is 0 Å². The van der Waals surface area contributed by atoms with Gasteiger partial charge in [-0.3, -0.25) is 4.79 Å². The first-order valence-corrected chi connectivity index (χ1v) is 7.93. The van der Waals surface area contributed by atoms with Crippen LogP contribution in [0.3, 0.4) is 0 Å². The summed E-state index contributed by atoms with van der Waals surface area (Å²) in [7, 11) is 0. The van der Waals surface area contributed by atoms with Gasteiger partial charge in [-0.2, -0.15) is 0 Å². The molecule has 2 heteroatoms. The normalized spacial score (nSPS) is 29.4. The molecule has 2 aliphatic heterocycles. The maximum atomic E-state index is 13.0. The summed E-state index contributed by atoms with van der Waals surface area (Å²) in [5.74, 6) is 0.971. The number of benzene rings is 1. The van der Waals surface area contributed by atoms with E-state index < -0.39 is 0 Å². The fourth-order valence-corrected chi connectivity index (χ4v) is 4.36. The third-order valence-corrected chi connectivity index (χ3v) is 5.19. The first kappa shape index (κ1) is 12.2. The fraction of sp³-hybridized carbons (Fsp3) is 0.500. The van der Waals surface area contributed by atoms with Crippen LogP contribution in [0.15, 0.2) is 41.6 Å². The Labute approximate surface area is 120 Å². The Morgan fingerprint density at radius 2 is 1.80 bits per heavy atom. The molecule has 1 aliphatic carbocycles. The fourth-order valence-electron chi connectivity index (χ4n) is 4.36. The number of Topliss-reactive ketones (excluding diaryl/α,β-unsaturated/α-hetero) is 1. The Hall–Kier alpha value is -1.57. The van der Waals surface area contributed by atoms with Crippen molar-refractivity contribution in [2.24, 2.45) is 5.92 Å². The lowest BCUT2D eigenvalue weighted by Crippen LogP contribution is -2.34. The van der Waals surface area contributed by atoms with Crippen molar-refractivity contribution in [1.82, 2.24) is 4.90 Å². The van der Waals surface area contributed by atoms with Gasteiger partial charge in [-0.1, -0.05) is 30.3 Å². The second-order valence-corrected chi connectivity index (χ2v) is 6.31. The van der Waals surface area contributed by atoms with E-state index in [1.807, 2.05) is 6.07 Å². The lowest BCUT2D eigenvalue weighted by atomic mass is 9.81. The zero-order chi connectivity index (χ0) is 13.5. The van der Waals surface area contributed by atoms with E-state index in [1.165, 1.54) is 42.5 Å². The van der Waals surface area contributed by atoms with Crippen molar-refractivity contribution in [2.75, 3.05) is 13.1 Å². The van der Waals surface area contributed by atoms with E-state index in [0.29, 0.717) is 11.7 Å². The van der Waals surface area contributed by atoms with Crippen LogP contribution in [0.4, 0.5) is 0 Å². The largest absolute Gasteiger partial charge is 0.374 e. The molecule has 3 aliphatic rings. The van der Waals surface area contributed by atoms with E-state index in [4.69, 9.17) is 0 Å². The number of allylic oxidation sites excluding steroid dienone is 2. The molecular formula is C18H21NO. The summed E-state index contributed by atoms with van der Waals surface area (Å²) in [6.07, 6.45) is 5.83. The summed E-state index contributed by atoms with van der Waals surface area (Å²) in [6.45, 7) is 2.31. The molecule has 4 rings (SSSR count). The van der Waals surface area contributed by atoms with Gasteiger partial charge in [0.25, 0.3) is 0 Å². The number of carbonyl (C=O) groups excluding carboxylic acids is 1. The first-order chi connectivity index (χ1) is 9.86. The van der Waals surface area contributed by atoms with Gasteiger partial charge < -0.3 is 4.90 Å². The molecule has 0 radical (unpaired) electrons. The van der Waals surface area contributed by atoms with Gasteiger partial charge in [0, 0.05) is 30.3 Å². The van der Waals surface area contributed by atoms with Crippen molar-refractivity contribution < 1.29 is 4.79 Å². The molecule has 1 fully saturated rings. The van der Waals surface area contributed by atoms with Crippen molar-refractivity contribution in [3.63, 3.8) is 0 Å². The number of carbonyl (C=O) groups is 1. The third-order valence-electron chi connectivity index (χ3n) is 5.19. The predicted molar refractivity (Wildman–Crippen MR) is 79.4 cm³/mol. The number of hydrogen-bond donors (Lipinski definition) is 0. The lowest BCUT2D eigenvalue weighted by molar-refractivity contribution is -0.117. The topological polar surface area (TPSA) is 20.3 Å². The molecule has 1 aromatic carbocycles. The quantitative estimate of drug-likeness (QED) is 0.776. The molecule has 1 saturated heterocycles. The zero-order valence-corrected chi connectivity index (χ0v) is 11.8. The highest BCUT2D eigenvalue weighted by molar-refractivity contribution is 6.04. The monoisotopic (exact) mass is 267 g/mol. The van der Waals surface area contributed by atoms with Crippen LogP contribution < -0.4 is 0 Å². The van der Waals surface area contributed by atoms with E-state index in [1.54, 1.807) is 0 Å². The molecule has 2 heterocycles. The highest BCUT2D eigenvalue weighted by Gasteiger charge is 2.45. The average molecular weight is 267 g/mol. The Morgan fingerprint density at radius 1 is 1.00 bits per heavy atom. The van der Waals surface area contributed by atoms with Gasteiger partial charge in [-0.05, 0) is 37.7 Å². The van der Waals surface area contributed by atoms with Crippen molar-refractivity contribution in [3.05, 3.63) is 47.2 Å². The average Bonchev–Trinajstić information content (AvgIpc) is 2.64. The second-order valence-electron chi connectivity index (χ2n) is 6.31. The molecule has 0 bridgehead atoms. The van der Waals surface area contributed by atoms with Gasteiger partial charge in [0.05, 0.1) is 5.92 Å². The predicted octanol–water partition coefficient (Wildman–Crippen LogP) is 3.50. The summed E-state index contributed by atoms with van der Waals surface area (Å²) in [5.41, 5.74) is 3.81. The van der Waals surface area contributed by atoms with Crippen LogP contribution in [0.5, 0.6) is 0 Å². The maximum absolute atomic E-state index is 13.0. The van der Waals surface area contributed by atoms with Gasteiger partial charge in [0.1, 0.15) is 0 Å². The number of rotatable bonds is 1. The summed E-state index contributed by atoms with van der Waals surface area (Å²) >= 11 is 0. The number of nitrogens with zero attached hydrogens (tertiary/aromatic N) is 1. The lowest BCUT2D eigenvalue weighted by Gasteiger charge is -2.36. The Kier molecular flexibility index (Phi) is 2.90. The van der Waals surface area contributed by atoms with Crippen LogP contribution in [0.2, 0.25) is 0 Å². The molecule has 0 saturated carbocycles. The third kappa shape index (κ3) is 1.74. The van der Waals surface area contributed by atoms with E-state index in [2.05, 4.69) is 29.2 Å². The number of piperidine rings is 1. The number of hydrogen-bond acceptors (Lipinski definition) is 2. The van der Waals surface area contributed by atoms with Gasteiger partial charge in [0.2, 0.25) is 0 Å². The highest BCUT2D eigenvalue weighted by Crippen LogP contribution is 2.49. The summed E-state index contributed by atoms with van der Waals surface area (Å²) in [5, 5.41) is 0. The van der Waals surface area contributed by atoms with Gasteiger partial charge in [-0.25, -0.2) is 0 Å². The molecule has 2 atom stereocenters. The first-order valence-electron chi connectivity index (χ1n) is 7.93. The van der Waals surface area contributed by atoms with E-state index in [9.17, 15) is 4.79 Å². The van der Waals surface area contributed by atoms with Gasteiger partial charge in [-0.15, -0.1) is 0 Å². The maximum Gasteiger partial charge on any atom is 0.168 e. The SMILES string of the molecule is O=C1C2=C3[C@@H](CCCN3CCCC2)[C@H]1c1ccccc1. The van der Waals surface area contributed by atoms with Crippen LogP contribution in [-0.4, -0.2) is 23.8 Å². The van der Waals surface area contributed by atoms with Crippen molar-refractivity contribution in [3.8, 4) is 0 Å². The van der Waals surface area contributed by atoms with Crippen LogP contribution in [0.1, 0.15) is 43.6 Å². The Bertz CT molecular complexity index is 560. The molecule has 0 unspecified atom stereocenters. The summed E-state index contributed by atoms with van der Waals surface area (Å²) < 4.78 is 0. The Morgan fingerprint density at radius 3 is 2.65 bits per heavy atom. The number of ketones is 1. The van der Waals surface area contributed by atoms with E-state index in [-0.39, 0.29) is 5.92 Å². The summed E-state index contributed by atoms with van der Waals surface area (Å²) in [6, 6.07) is 10.4. The van der Waals surface area contributed by atoms with Crippen molar-refractivity contribution in [2.45, 2.75) is 38.0 Å². The van der Waals surface area contributed by atoms with Gasteiger partial charge >= 0.3 is 0 Å². The van der Waals surface area contributed by atoms with Gasteiger partial charge in [0.15, 0.2) is 5.78 Å². The zero-order valence-electron chi connectivity index (χ0n) is 11.8. The molecule has 0 amide bonds.